The van der Waals surface area contributed by atoms with Gasteiger partial charge in [0, 0.05) is 49.8 Å². The number of carbonyl (C=O) groups is 1. The van der Waals surface area contributed by atoms with Crippen LogP contribution in [0.4, 0.5) is 5.95 Å². The average molecular weight is 321 g/mol. The summed E-state index contributed by atoms with van der Waals surface area (Å²) in [6.07, 6.45) is 1.56. The second kappa shape index (κ2) is 5.88. The molecule has 3 rings (SSSR count). The van der Waals surface area contributed by atoms with Crippen LogP contribution in [-0.4, -0.2) is 48.8 Å². The first kappa shape index (κ1) is 15.9. The monoisotopic (exact) mass is 321 g/mol. The smallest absolute Gasteiger partial charge is 0.203 e. The van der Waals surface area contributed by atoms with Crippen LogP contribution in [0.25, 0.3) is 16.8 Å². The SMILES string of the molecule is CN=CC(C(C)=N)=C1C(=O)c2ccccc2-c2nc(N(C)C)[nH]c21. The molecule has 6 nitrogen and oxygen atoms in total. The van der Waals surface area contributed by atoms with Crippen LogP contribution in [0.1, 0.15) is 23.0 Å². The second-order valence-electron chi connectivity index (χ2n) is 5.85. The third kappa shape index (κ3) is 2.36. The molecule has 1 aromatic carbocycles. The predicted octanol–water partition coefficient (Wildman–Crippen LogP) is 2.83. The molecule has 1 aliphatic carbocycles. The van der Waals surface area contributed by atoms with Gasteiger partial charge in [-0.25, -0.2) is 4.98 Å². The van der Waals surface area contributed by atoms with Crippen molar-refractivity contribution in [2.24, 2.45) is 4.99 Å². The van der Waals surface area contributed by atoms with E-state index in [1.165, 1.54) is 0 Å². The first-order valence-corrected chi connectivity index (χ1v) is 7.59. The number of hydrogen-bond acceptors (Lipinski definition) is 5. The third-order valence-electron chi connectivity index (χ3n) is 3.95. The van der Waals surface area contributed by atoms with Gasteiger partial charge >= 0.3 is 0 Å². The van der Waals surface area contributed by atoms with E-state index in [1.54, 1.807) is 26.3 Å². The van der Waals surface area contributed by atoms with E-state index in [0.29, 0.717) is 28.4 Å². The summed E-state index contributed by atoms with van der Waals surface area (Å²) < 4.78 is 0. The number of hydrogen-bond donors (Lipinski definition) is 2. The predicted molar refractivity (Wildman–Crippen MR) is 97.4 cm³/mol. The van der Waals surface area contributed by atoms with Crippen molar-refractivity contribution < 1.29 is 4.79 Å². The molecule has 1 aromatic heterocycles. The zero-order valence-corrected chi connectivity index (χ0v) is 14.1. The Labute approximate surface area is 140 Å². The van der Waals surface area contributed by atoms with Gasteiger partial charge in [-0.05, 0) is 6.92 Å². The Morgan fingerprint density at radius 1 is 1.29 bits per heavy atom. The number of nitrogens with zero attached hydrogens (tertiary/aromatic N) is 3. The lowest BCUT2D eigenvalue weighted by molar-refractivity contribution is 0.105. The number of benzene rings is 1. The lowest BCUT2D eigenvalue weighted by Crippen LogP contribution is -2.16. The van der Waals surface area contributed by atoms with E-state index in [4.69, 9.17) is 5.41 Å². The zero-order valence-electron chi connectivity index (χ0n) is 14.1. The average Bonchev–Trinajstić information content (AvgIpc) is 2.99. The van der Waals surface area contributed by atoms with Crippen molar-refractivity contribution in [1.82, 2.24) is 9.97 Å². The number of nitrogens with one attached hydrogen (secondary N) is 2. The third-order valence-corrected chi connectivity index (χ3v) is 3.95. The van der Waals surface area contributed by atoms with Crippen molar-refractivity contribution in [3.63, 3.8) is 0 Å². The van der Waals surface area contributed by atoms with E-state index < -0.39 is 0 Å². The van der Waals surface area contributed by atoms with E-state index in [9.17, 15) is 4.79 Å². The summed E-state index contributed by atoms with van der Waals surface area (Å²) in [5.41, 5.74) is 4.02. The number of Topliss-reactive ketones (excluding diaryl/α,β-unsaturated/α-hetero) is 1. The zero-order chi connectivity index (χ0) is 17.4. The molecule has 0 saturated carbocycles. The van der Waals surface area contributed by atoms with Gasteiger partial charge in [-0.3, -0.25) is 9.79 Å². The van der Waals surface area contributed by atoms with Gasteiger partial charge in [0.1, 0.15) is 0 Å². The van der Waals surface area contributed by atoms with Gasteiger partial charge in [0.15, 0.2) is 5.78 Å². The minimum absolute atomic E-state index is 0.117. The number of aliphatic imine (C=N–C) groups is 1. The molecule has 2 N–H and O–H groups in total. The van der Waals surface area contributed by atoms with Crippen LogP contribution in [0, 0.1) is 5.41 Å². The largest absolute Gasteiger partial charge is 0.349 e. The number of H-pyrrole nitrogens is 1. The molecule has 0 bridgehead atoms. The molecule has 1 aliphatic rings. The van der Waals surface area contributed by atoms with Crippen molar-refractivity contribution in [2.75, 3.05) is 26.0 Å². The Hall–Kier alpha value is -3.02. The summed E-state index contributed by atoms with van der Waals surface area (Å²) in [7, 11) is 5.40. The molecule has 1 heterocycles. The number of ketones is 1. The molecule has 24 heavy (non-hydrogen) atoms. The number of rotatable bonds is 3. The van der Waals surface area contributed by atoms with Crippen molar-refractivity contribution in [1.29, 1.82) is 5.41 Å². The van der Waals surface area contributed by atoms with Crippen LogP contribution in [0.2, 0.25) is 0 Å². The molecule has 0 radical (unpaired) electrons. The van der Waals surface area contributed by atoms with Crippen LogP contribution in [0.5, 0.6) is 0 Å². The summed E-state index contributed by atoms with van der Waals surface area (Å²) in [5, 5.41) is 8.05. The topological polar surface area (TPSA) is 85.2 Å². The molecule has 0 fully saturated rings. The van der Waals surface area contributed by atoms with Gasteiger partial charge in [-0.2, -0.15) is 0 Å². The Bertz CT molecular complexity index is 902. The highest BCUT2D eigenvalue weighted by Gasteiger charge is 2.33. The minimum atomic E-state index is -0.117. The van der Waals surface area contributed by atoms with Crippen molar-refractivity contribution in [2.45, 2.75) is 6.92 Å². The highest BCUT2D eigenvalue weighted by molar-refractivity contribution is 6.41. The van der Waals surface area contributed by atoms with Crippen LogP contribution in [0.3, 0.4) is 0 Å². The fraction of sp³-hybridized carbons (Fsp3) is 0.222. The van der Waals surface area contributed by atoms with Gasteiger partial charge in [-0.15, -0.1) is 0 Å². The first-order valence-electron chi connectivity index (χ1n) is 7.59. The van der Waals surface area contributed by atoms with Gasteiger partial charge < -0.3 is 15.3 Å². The Morgan fingerprint density at radius 2 is 1.96 bits per heavy atom. The lowest BCUT2D eigenvalue weighted by atomic mass is 9.84. The van der Waals surface area contributed by atoms with Crippen molar-refractivity contribution in [3.05, 3.63) is 41.1 Å². The number of anilines is 1. The molecule has 2 aromatic rings. The molecule has 0 atom stereocenters. The van der Waals surface area contributed by atoms with Gasteiger partial charge in [0.05, 0.1) is 17.0 Å². The maximum absolute atomic E-state index is 13.1. The quantitative estimate of drug-likeness (QED) is 0.673. The number of aromatic amines is 1. The molecular weight excluding hydrogens is 302 g/mol. The molecule has 0 spiro atoms. The Morgan fingerprint density at radius 3 is 2.54 bits per heavy atom. The van der Waals surface area contributed by atoms with Crippen LogP contribution in [-0.2, 0) is 0 Å². The van der Waals surface area contributed by atoms with Crippen LogP contribution >= 0.6 is 0 Å². The maximum Gasteiger partial charge on any atom is 0.203 e. The van der Waals surface area contributed by atoms with Gasteiger partial charge in [0.2, 0.25) is 5.95 Å². The minimum Gasteiger partial charge on any atom is -0.349 e. The van der Waals surface area contributed by atoms with Gasteiger partial charge in [0.25, 0.3) is 0 Å². The van der Waals surface area contributed by atoms with Crippen molar-refractivity contribution in [3.8, 4) is 11.3 Å². The summed E-state index contributed by atoms with van der Waals surface area (Å²) in [6.45, 7) is 1.65. The molecule has 0 amide bonds. The molecule has 0 unspecified atom stereocenters. The van der Waals surface area contributed by atoms with Crippen LogP contribution in [0.15, 0.2) is 34.8 Å². The Kier molecular flexibility index (Phi) is 3.89. The fourth-order valence-corrected chi connectivity index (χ4v) is 2.82. The fourth-order valence-electron chi connectivity index (χ4n) is 2.82. The standard InChI is InChI=1S/C18H19N5O/c1-10(19)13(9-20-2)14-16-15(21-18(22-16)23(3)4)11-7-5-6-8-12(11)17(14)24/h5-9,19H,1-4H3,(H,21,22). The van der Waals surface area contributed by atoms with Crippen molar-refractivity contribution >= 4 is 29.2 Å². The molecule has 122 valence electrons. The van der Waals surface area contributed by atoms with E-state index in [1.807, 2.05) is 37.2 Å². The van der Waals surface area contributed by atoms with E-state index in [-0.39, 0.29) is 11.5 Å². The van der Waals surface area contributed by atoms with Gasteiger partial charge in [-0.1, -0.05) is 24.3 Å². The number of fused-ring (bicyclic) bond motifs is 3. The number of allylic oxidation sites excluding steroid dienone is 2. The highest BCUT2D eigenvalue weighted by atomic mass is 16.1. The van der Waals surface area contributed by atoms with Crippen LogP contribution < -0.4 is 4.90 Å². The summed E-state index contributed by atoms with van der Waals surface area (Å²) >= 11 is 0. The molecule has 6 heteroatoms. The van der Waals surface area contributed by atoms with E-state index in [0.717, 1.165) is 11.3 Å². The molecule has 0 saturated heterocycles. The lowest BCUT2D eigenvalue weighted by Gasteiger charge is -2.18. The number of imidazole rings is 1. The molecular formula is C18H19N5O. The van der Waals surface area contributed by atoms with E-state index in [2.05, 4.69) is 15.0 Å². The number of carbonyl (C=O) groups excluding carboxylic acids is 1. The maximum atomic E-state index is 13.1. The normalized spacial score (nSPS) is 15.2. The second-order valence-corrected chi connectivity index (χ2v) is 5.85. The molecule has 0 aliphatic heterocycles. The Balaban J connectivity index is 2.41. The highest BCUT2D eigenvalue weighted by Crippen LogP contribution is 2.40. The summed E-state index contributed by atoms with van der Waals surface area (Å²) in [6, 6.07) is 7.42. The summed E-state index contributed by atoms with van der Waals surface area (Å²) in [4.78, 5) is 26.8. The van der Waals surface area contributed by atoms with E-state index >= 15 is 0 Å². The first-order chi connectivity index (χ1) is 11.5. The summed E-state index contributed by atoms with van der Waals surface area (Å²) in [5.74, 6) is 0.547. The number of aromatic nitrogens is 2.